The molecule has 3 rings (SSSR count). The summed E-state index contributed by atoms with van der Waals surface area (Å²) in [6, 6.07) is 6.06. The number of cyclic esters (lactones) is 2. The lowest BCUT2D eigenvalue weighted by Crippen LogP contribution is -2.41. The number of carbonyl (C=O) groups excluding carboxylic acids is 2. The minimum absolute atomic E-state index is 0.163. The molecule has 0 aliphatic carbocycles. The first-order valence-electron chi connectivity index (χ1n) is 7.90. The second-order valence-electron chi connectivity index (χ2n) is 6.13. The molecule has 0 atom stereocenters. The number of esters is 2. The Kier molecular flexibility index (Phi) is 4.80. The lowest BCUT2D eigenvalue weighted by molar-refractivity contribution is -0.222. The fourth-order valence-corrected chi connectivity index (χ4v) is 2.23. The molecule has 1 aromatic carbocycles. The van der Waals surface area contributed by atoms with Gasteiger partial charge in [-0.1, -0.05) is 12.1 Å². The van der Waals surface area contributed by atoms with Gasteiger partial charge in [-0.2, -0.15) is 18.2 Å². The summed E-state index contributed by atoms with van der Waals surface area (Å²) >= 11 is 0. The quantitative estimate of drug-likeness (QED) is 0.447. The maximum absolute atomic E-state index is 12.7. The van der Waals surface area contributed by atoms with Crippen LogP contribution in [0.25, 0.3) is 6.08 Å². The van der Waals surface area contributed by atoms with Crippen LogP contribution in [0.4, 0.5) is 13.2 Å². The molecular weight excluding hydrogens is 381 g/mol. The number of hydrogen-bond donors (Lipinski definition) is 0. The molecule has 1 aliphatic rings. The summed E-state index contributed by atoms with van der Waals surface area (Å²) in [5.74, 6) is -2.82. The lowest BCUT2D eigenvalue weighted by Gasteiger charge is -2.29. The van der Waals surface area contributed by atoms with E-state index in [4.69, 9.17) is 14.2 Å². The van der Waals surface area contributed by atoms with Gasteiger partial charge in [0, 0.05) is 20.0 Å². The summed E-state index contributed by atoms with van der Waals surface area (Å²) in [6.45, 7) is 2.86. The van der Waals surface area contributed by atoms with Gasteiger partial charge in [-0.15, -0.1) is 0 Å². The SMILES string of the molecule is CC1(C)OC(=O)C(=Cc2ccc(Oc3nccc(C(F)(F)F)n3)cc2)C(=O)O1. The zero-order chi connectivity index (χ0) is 20.5. The van der Waals surface area contributed by atoms with Crippen molar-refractivity contribution >= 4 is 18.0 Å². The van der Waals surface area contributed by atoms with E-state index in [1.807, 2.05) is 0 Å². The van der Waals surface area contributed by atoms with Crippen LogP contribution in [0.1, 0.15) is 25.1 Å². The molecule has 10 heteroatoms. The Morgan fingerprint density at radius 2 is 1.64 bits per heavy atom. The summed E-state index contributed by atoms with van der Waals surface area (Å²) in [5, 5.41) is 0. The molecule has 0 spiro atoms. The van der Waals surface area contributed by atoms with Gasteiger partial charge in [0.1, 0.15) is 11.3 Å². The van der Waals surface area contributed by atoms with E-state index in [9.17, 15) is 22.8 Å². The van der Waals surface area contributed by atoms with Crippen molar-refractivity contribution in [2.75, 3.05) is 0 Å². The number of carbonyl (C=O) groups is 2. The molecule has 2 aromatic rings. The van der Waals surface area contributed by atoms with Gasteiger partial charge in [0.15, 0.2) is 5.69 Å². The third-order valence-electron chi connectivity index (χ3n) is 3.44. The highest BCUT2D eigenvalue weighted by Crippen LogP contribution is 2.29. The molecule has 1 fully saturated rings. The van der Waals surface area contributed by atoms with Crippen LogP contribution < -0.4 is 4.74 Å². The van der Waals surface area contributed by atoms with Crippen molar-refractivity contribution in [2.24, 2.45) is 0 Å². The normalized spacial score (nSPS) is 16.2. The summed E-state index contributed by atoms with van der Waals surface area (Å²) in [7, 11) is 0. The van der Waals surface area contributed by atoms with Crippen molar-refractivity contribution in [3.05, 3.63) is 53.4 Å². The van der Waals surface area contributed by atoms with Crippen molar-refractivity contribution in [1.29, 1.82) is 0 Å². The fraction of sp³-hybridized carbons (Fsp3) is 0.222. The number of halogens is 3. The zero-order valence-electron chi connectivity index (χ0n) is 14.6. The summed E-state index contributed by atoms with van der Waals surface area (Å²) in [4.78, 5) is 30.8. The fourth-order valence-electron chi connectivity index (χ4n) is 2.23. The summed E-state index contributed by atoms with van der Waals surface area (Å²) in [6.07, 6.45) is -2.41. The maximum atomic E-state index is 12.7. The van der Waals surface area contributed by atoms with Crippen LogP contribution in [0.2, 0.25) is 0 Å². The van der Waals surface area contributed by atoms with Gasteiger partial charge in [-0.3, -0.25) is 0 Å². The minimum atomic E-state index is -4.62. The van der Waals surface area contributed by atoms with Crippen LogP contribution in [0, 0.1) is 0 Å². The highest BCUT2D eigenvalue weighted by atomic mass is 19.4. The van der Waals surface area contributed by atoms with Crippen molar-refractivity contribution in [2.45, 2.75) is 25.8 Å². The molecule has 0 bridgehead atoms. The number of aromatic nitrogens is 2. The van der Waals surface area contributed by atoms with E-state index in [1.165, 1.54) is 44.2 Å². The van der Waals surface area contributed by atoms with Crippen molar-refractivity contribution in [3.63, 3.8) is 0 Å². The number of hydrogen-bond acceptors (Lipinski definition) is 7. The highest BCUT2D eigenvalue weighted by molar-refractivity contribution is 6.18. The molecular formula is C18H13F3N2O5. The topological polar surface area (TPSA) is 87.6 Å². The van der Waals surface area contributed by atoms with Crippen LogP contribution in [0.3, 0.4) is 0 Å². The van der Waals surface area contributed by atoms with Gasteiger partial charge < -0.3 is 14.2 Å². The molecule has 0 amide bonds. The van der Waals surface area contributed by atoms with E-state index in [1.54, 1.807) is 0 Å². The molecule has 28 heavy (non-hydrogen) atoms. The number of alkyl halides is 3. The molecule has 0 saturated carbocycles. The van der Waals surface area contributed by atoms with Crippen molar-refractivity contribution in [1.82, 2.24) is 9.97 Å². The monoisotopic (exact) mass is 394 g/mol. The Balaban J connectivity index is 1.76. The largest absolute Gasteiger partial charge is 0.433 e. The number of benzene rings is 1. The van der Waals surface area contributed by atoms with Crippen molar-refractivity contribution in [3.8, 4) is 11.8 Å². The first kappa shape index (κ1) is 19.3. The average Bonchev–Trinajstić information content (AvgIpc) is 2.58. The second kappa shape index (κ2) is 6.95. The van der Waals surface area contributed by atoms with E-state index in [2.05, 4.69) is 9.97 Å². The molecule has 1 saturated heterocycles. The maximum Gasteiger partial charge on any atom is 0.433 e. The molecule has 0 N–H and O–H groups in total. The number of ether oxygens (including phenoxy) is 3. The molecule has 146 valence electrons. The Morgan fingerprint density at radius 3 is 2.21 bits per heavy atom. The van der Waals surface area contributed by atoms with Gasteiger partial charge in [0.25, 0.3) is 5.79 Å². The van der Waals surface area contributed by atoms with Crippen LogP contribution in [-0.2, 0) is 25.2 Å². The van der Waals surface area contributed by atoms with Crippen LogP contribution in [0.5, 0.6) is 11.8 Å². The second-order valence-corrected chi connectivity index (χ2v) is 6.13. The van der Waals surface area contributed by atoms with Gasteiger partial charge >= 0.3 is 24.1 Å². The van der Waals surface area contributed by atoms with Crippen LogP contribution in [0.15, 0.2) is 42.1 Å². The Morgan fingerprint density at radius 1 is 1.04 bits per heavy atom. The summed E-state index contributed by atoms with van der Waals surface area (Å²) < 4.78 is 53.2. The lowest BCUT2D eigenvalue weighted by atomic mass is 10.1. The van der Waals surface area contributed by atoms with Crippen LogP contribution in [-0.4, -0.2) is 27.7 Å². The summed E-state index contributed by atoms with van der Waals surface area (Å²) in [5.41, 5.74) is -0.966. The number of rotatable bonds is 3. The van der Waals surface area contributed by atoms with Gasteiger partial charge in [0.05, 0.1) is 0 Å². The Labute approximate surface area is 156 Å². The van der Waals surface area contributed by atoms with E-state index in [-0.39, 0.29) is 11.3 Å². The Bertz CT molecular complexity index is 930. The van der Waals surface area contributed by atoms with Crippen LogP contribution >= 0.6 is 0 Å². The third-order valence-corrected chi connectivity index (χ3v) is 3.44. The minimum Gasteiger partial charge on any atom is -0.424 e. The molecule has 2 heterocycles. The van der Waals surface area contributed by atoms with E-state index in [0.29, 0.717) is 5.56 Å². The highest BCUT2D eigenvalue weighted by Gasteiger charge is 2.38. The van der Waals surface area contributed by atoms with Gasteiger partial charge in [0.2, 0.25) is 0 Å². The standard InChI is InChI=1S/C18H13F3N2O5/c1-17(2)27-14(24)12(15(25)28-17)9-10-3-5-11(6-4-10)26-16-22-8-7-13(23-16)18(19,20)21/h3-9H,1-2H3. The van der Waals surface area contributed by atoms with Gasteiger partial charge in [-0.25, -0.2) is 14.6 Å². The average molecular weight is 394 g/mol. The predicted molar refractivity (Wildman–Crippen MR) is 87.8 cm³/mol. The molecule has 7 nitrogen and oxygen atoms in total. The molecule has 0 radical (unpaired) electrons. The molecule has 1 aromatic heterocycles. The zero-order valence-corrected chi connectivity index (χ0v) is 14.6. The smallest absolute Gasteiger partial charge is 0.424 e. The van der Waals surface area contributed by atoms with E-state index in [0.717, 1.165) is 12.3 Å². The molecule has 1 aliphatic heterocycles. The van der Waals surface area contributed by atoms with Gasteiger partial charge in [-0.05, 0) is 29.8 Å². The van der Waals surface area contributed by atoms with E-state index >= 15 is 0 Å². The predicted octanol–water partition coefficient (Wildman–Crippen LogP) is 3.51. The molecule has 0 unspecified atom stereocenters. The number of nitrogens with zero attached hydrogens (tertiary/aromatic N) is 2. The first-order valence-corrected chi connectivity index (χ1v) is 7.90. The Hall–Kier alpha value is -3.43. The third kappa shape index (κ3) is 4.45. The first-order chi connectivity index (χ1) is 13.0. The van der Waals surface area contributed by atoms with E-state index < -0.39 is 35.6 Å². The van der Waals surface area contributed by atoms with Crippen molar-refractivity contribution < 1.29 is 37.0 Å².